The van der Waals surface area contributed by atoms with Gasteiger partial charge in [0.2, 0.25) is 0 Å². The summed E-state index contributed by atoms with van der Waals surface area (Å²) in [5.74, 6) is -0.308. The van der Waals surface area contributed by atoms with Crippen molar-refractivity contribution >= 4 is 16.7 Å². The summed E-state index contributed by atoms with van der Waals surface area (Å²) in [4.78, 5) is 11.8. The van der Waals surface area contributed by atoms with Gasteiger partial charge >= 0.3 is 5.97 Å². The van der Waals surface area contributed by atoms with E-state index in [4.69, 9.17) is 9.47 Å². The van der Waals surface area contributed by atoms with E-state index < -0.39 is 11.6 Å². The Hall–Kier alpha value is -3.67. The van der Waals surface area contributed by atoms with Gasteiger partial charge in [-0.2, -0.15) is 0 Å². The van der Waals surface area contributed by atoms with Gasteiger partial charge in [-0.15, -0.1) is 0 Å². The molecule has 0 aliphatic carbocycles. The number of aliphatic hydroxyl groups is 1. The predicted octanol–water partition coefficient (Wildman–Crippen LogP) is 5.78. The number of benzene rings is 4. The molecule has 5 nitrogen and oxygen atoms in total. The van der Waals surface area contributed by atoms with E-state index in [0.29, 0.717) is 38.4 Å². The lowest BCUT2D eigenvalue weighted by Gasteiger charge is -2.32. The van der Waals surface area contributed by atoms with Gasteiger partial charge < -0.3 is 19.7 Å². The van der Waals surface area contributed by atoms with E-state index >= 15 is 0 Å². The molecule has 1 heterocycles. The van der Waals surface area contributed by atoms with E-state index in [0.717, 1.165) is 33.0 Å². The molecule has 5 rings (SSSR count). The lowest BCUT2D eigenvalue weighted by molar-refractivity contribution is -0.0679. The summed E-state index contributed by atoms with van der Waals surface area (Å²) in [6, 6.07) is 26.8. The third-order valence-corrected chi connectivity index (χ3v) is 6.45. The Balaban J connectivity index is 1.42. The molecule has 34 heavy (non-hydrogen) atoms. The van der Waals surface area contributed by atoms with Crippen LogP contribution < -0.4 is 4.74 Å². The maximum absolute atomic E-state index is 11.8. The number of hydrogen-bond acceptors (Lipinski definition) is 4. The van der Waals surface area contributed by atoms with Crippen molar-refractivity contribution in [2.75, 3.05) is 13.2 Å². The van der Waals surface area contributed by atoms with Gasteiger partial charge in [0.05, 0.1) is 11.2 Å². The molecule has 5 heteroatoms. The average molecular weight is 455 g/mol. The molecule has 0 atom stereocenters. The van der Waals surface area contributed by atoms with Gasteiger partial charge in [0.25, 0.3) is 0 Å². The summed E-state index contributed by atoms with van der Waals surface area (Å²) >= 11 is 0. The van der Waals surface area contributed by atoms with E-state index in [-0.39, 0.29) is 5.56 Å². The van der Waals surface area contributed by atoms with Crippen LogP contribution in [0.2, 0.25) is 0 Å². The summed E-state index contributed by atoms with van der Waals surface area (Å²) in [7, 11) is 0. The number of carbonyl (C=O) groups is 1. The first kappa shape index (κ1) is 22.1. The minimum Gasteiger partial charge on any atom is -0.489 e. The second-order valence-corrected chi connectivity index (χ2v) is 8.71. The monoisotopic (exact) mass is 454 g/mol. The Morgan fingerprint density at radius 1 is 0.912 bits per heavy atom. The molecule has 1 aliphatic heterocycles. The SMILES string of the molecule is O=C(O)c1cc(-c2ccccc2)c2ccc(OCc3cccc(C4(O)CCOCC4)c3)cc2c1. The van der Waals surface area contributed by atoms with Crippen LogP contribution in [0.25, 0.3) is 21.9 Å². The Morgan fingerprint density at radius 3 is 2.47 bits per heavy atom. The fourth-order valence-corrected chi connectivity index (χ4v) is 4.53. The Morgan fingerprint density at radius 2 is 1.71 bits per heavy atom. The van der Waals surface area contributed by atoms with Crippen LogP contribution in [-0.4, -0.2) is 29.4 Å². The van der Waals surface area contributed by atoms with Crippen LogP contribution >= 0.6 is 0 Å². The number of rotatable bonds is 6. The maximum Gasteiger partial charge on any atom is 0.335 e. The predicted molar refractivity (Wildman–Crippen MR) is 131 cm³/mol. The molecule has 4 aromatic carbocycles. The Kier molecular flexibility index (Phi) is 6.05. The molecule has 0 unspecified atom stereocenters. The first-order chi connectivity index (χ1) is 16.5. The molecule has 0 amide bonds. The van der Waals surface area contributed by atoms with Crippen molar-refractivity contribution < 1.29 is 24.5 Å². The van der Waals surface area contributed by atoms with Gasteiger partial charge in [0, 0.05) is 26.1 Å². The molecule has 0 radical (unpaired) electrons. The van der Waals surface area contributed by atoms with Crippen molar-refractivity contribution in [2.45, 2.75) is 25.0 Å². The minimum atomic E-state index is -0.965. The highest BCUT2D eigenvalue weighted by Crippen LogP contribution is 2.34. The van der Waals surface area contributed by atoms with Crippen molar-refractivity contribution in [3.63, 3.8) is 0 Å². The molecule has 0 aromatic heterocycles. The summed E-state index contributed by atoms with van der Waals surface area (Å²) in [6.07, 6.45) is 1.16. The van der Waals surface area contributed by atoms with Gasteiger partial charge in [-0.25, -0.2) is 4.79 Å². The van der Waals surface area contributed by atoms with Crippen LogP contribution in [0, 0.1) is 0 Å². The highest BCUT2D eigenvalue weighted by molar-refractivity contribution is 6.03. The molecular formula is C29H26O5. The second-order valence-electron chi connectivity index (χ2n) is 8.71. The van der Waals surface area contributed by atoms with Crippen LogP contribution in [0.3, 0.4) is 0 Å². The van der Waals surface area contributed by atoms with Crippen LogP contribution in [0.5, 0.6) is 5.75 Å². The number of fused-ring (bicyclic) bond motifs is 1. The van der Waals surface area contributed by atoms with Gasteiger partial charge in [-0.05, 0) is 63.4 Å². The van der Waals surface area contributed by atoms with Gasteiger partial charge in [-0.1, -0.05) is 54.6 Å². The van der Waals surface area contributed by atoms with E-state index in [9.17, 15) is 15.0 Å². The number of ether oxygens (including phenoxy) is 2. The van der Waals surface area contributed by atoms with Crippen LogP contribution in [0.1, 0.15) is 34.3 Å². The molecule has 0 bridgehead atoms. The average Bonchev–Trinajstić information content (AvgIpc) is 2.87. The van der Waals surface area contributed by atoms with Gasteiger partial charge in [0.15, 0.2) is 0 Å². The van der Waals surface area contributed by atoms with Crippen molar-refractivity contribution in [1.29, 1.82) is 0 Å². The summed E-state index contributed by atoms with van der Waals surface area (Å²) in [6.45, 7) is 1.45. The zero-order valence-electron chi connectivity index (χ0n) is 18.7. The lowest BCUT2D eigenvalue weighted by Crippen LogP contribution is -2.33. The number of carboxylic acid groups (broad SMARTS) is 1. The zero-order chi connectivity index (χ0) is 23.5. The molecule has 0 spiro atoms. The van der Waals surface area contributed by atoms with Crippen LogP contribution in [0.4, 0.5) is 0 Å². The highest BCUT2D eigenvalue weighted by atomic mass is 16.5. The number of carboxylic acids is 1. The molecule has 4 aromatic rings. The van der Waals surface area contributed by atoms with Crippen molar-refractivity contribution in [1.82, 2.24) is 0 Å². The van der Waals surface area contributed by atoms with Gasteiger partial charge in [0.1, 0.15) is 12.4 Å². The number of hydrogen-bond donors (Lipinski definition) is 2. The Bertz CT molecular complexity index is 1320. The molecule has 172 valence electrons. The highest BCUT2D eigenvalue weighted by Gasteiger charge is 2.31. The van der Waals surface area contributed by atoms with Crippen molar-refractivity contribution in [3.8, 4) is 16.9 Å². The second kappa shape index (κ2) is 9.29. The normalized spacial score (nSPS) is 15.2. The molecule has 2 N–H and O–H groups in total. The summed E-state index contributed by atoms with van der Waals surface area (Å²) in [5.41, 5.74) is 3.06. The van der Waals surface area contributed by atoms with Crippen molar-refractivity contribution in [3.05, 3.63) is 102 Å². The fourth-order valence-electron chi connectivity index (χ4n) is 4.53. The first-order valence-corrected chi connectivity index (χ1v) is 11.4. The number of aromatic carboxylic acids is 1. The smallest absolute Gasteiger partial charge is 0.335 e. The van der Waals surface area contributed by atoms with E-state index in [1.807, 2.05) is 72.8 Å². The third kappa shape index (κ3) is 4.53. The molecular weight excluding hydrogens is 428 g/mol. The van der Waals surface area contributed by atoms with E-state index in [2.05, 4.69) is 0 Å². The van der Waals surface area contributed by atoms with Crippen LogP contribution in [-0.2, 0) is 16.9 Å². The molecule has 1 saturated heterocycles. The lowest BCUT2D eigenvalue weighted by atomic mass is 9.86. The molecule has 1 aliphatic rings. The maximum atomic E-state index is 11.8. The largest absolute Gasteiger partial charge is 0.489 e. The Labute approximate surface area is 198 Å². The zero-order valence-corrected chi connectivity index (χ0v) is 18.7. The standard InChI is InChI=1S/C29H26O5/c30-28(31)23-16-22-17-25(9-10-26(22)27(18-23)21-6-2-1-3-7-21)34-19-20-5-4-8-24(15-20)29(32)11-13-33-14-12-29/h1-10,15-18,32H,11-14,19H2,(H,30,31). The molecule has 1 fully saturated rings. The van der Waals surface area contributed by atoms with Crippen molar-refractivity contribution in [2.24, 2.45) is 0 Å². The quantitative estimate of drug-likeness (QED) is 0.386. The topological polar surface area (TPSA) is 76.0 Å². The fraction of sp³-hybridized carbons (Fsp3) is 0.207. The first-order valence-electron chi connectivity index (χ1n) is 11.4. The molecule has 0 saturated carbocycles. The minimum absolute atomic E-state index is 0.237. The van der Waals surface area contributed by atoms with E-state index in [1.165, 1.54) is 0 Å². The third-order valence-electron chi connectivity index (χ3n) is 6.45. The summed E-state index contributed by atoms with van der Waals surface area (Å²) < 4.78 is 11.5. The van der Waals surface area contributed by atoms with Crippen LogP contribution in [0.15, 0.2) is 84.9 Å². The van der Waals surface area contributed by atoms with E-state index in [1.54, 1.807) is 12.1 Å². The summed E-state index contributed by atoms with van der Waals surface area (Å²) in [5, 5.41) is 22.4. The van der Waals surface area contributed by atoms with Gasteiger partial charge in [-0.3, -0.25) is 0 Å².